The van der Waals surface area contributed by atoms with E-state index in [1.165, 1.54) is 0 Å². The van der Waals surface area contributed by atoms with Gasteiger partial charge in [0.15, 0.2) is 0 Å². The van der Waals surface area contributed by atoms with E-state index in [1.54, 1.807) is 18.5 Å². The number of nitrogens with one attached hydrogen (secondary N) is 1. The van der Waals surface area contributed by atoms with Crippen LogP contribution in [0.2, 0.25) is 0 Å². The van der Waals surface area contributed by atoms with Gasteiger partial charge < -0.3 is 10.1 Å². The zero-order chi connectivity index (χ0) is 22.5. The molecule has 0 aliphatic rings. The first-order valence-electron chi connectivity index (χ1n) is 10.5. The molecule has 3 aromatic carbocycles. The largest absolute Gasteiger partial charge is 0.489 e. The molecular formula is C26H21N5O2. The van der Waals surface area contributed by atoms with E-state index < -0.39 is 0 Å². The van der Waals surface area contributed by atoms with Crippen LogP contribution in [-0.2, 0) is 13.2 Å². The molecule has 0 radical (unpaired) electrons. The lowest BCUT2D eigenvalue weighted by Gasteiger charge is -2.10. The topological polar surface area (TPSA) is 81.9 Å². The maximum absolute atomic E-state index is 12.7. The van der Waals surface area contributed by atoms with E-state index >= 15 is 0 Å². The second kappa shape index (κ2) is 9.32. The Kier molecular flexibility index (Phi) is 5.75. The van der Waals surface area contributed by atoms with Gasteiger partial charge in [0, 0.05) is 35.3 Å². The number of benzene rings is 3. The van der Waals surface area contributed by atoms with Gasteiger partial charge in [-0.1, -0.05) is 41.6 Å². The van der Waals surface area contributed by atoms with Crippen LogP contribution in [0.3, 0.4) is 0 Å². The second-order valence-electron chi connectivity index (χ2n) is 7.56. The van der Waals surface area contributed by atoms with Gasteiger partial charge in [-0.05, 0) is 48.0 Å². The van der Waals surface area contributed by atoms with Gasteiger partial charge >= 0.3 is 0 Å². The van der Waals surface area contributed by atoms with Crippen molar-refractivity contribution in [1.82, 2.24) is 20.0 Å². The van der Waals surface area contributed by atoms with Crippen LogP contribution in [0.5, 0.6) is 5.75 Å². The number of aromatic nitrogens is 4. The second-order valence-corrected chi connectivity index (χ2v) is 7.56. The number of hydrogen-bond donors (Lipinski definition) is 1. The molecule has 1 amide bonds. The normalized spacial score (nSPS) is 10.8. The lowest BCUT2D eigenvalue weighted by atomic mass is 10.1. The highest BCUT2D eigenvalue weighted by Gasteiger charge is 2.09. The van der Waals surface area contributed by atoms with Crippen molar-refractivity contribution >= 4 is 22.6 Å². The summed E-state index contributed by atoms with van der Waals surface area (Å²) in [7, 11) is 0. The van der Waals surface area contributed by atoms with E-state index in [-0.39, 0.29) is 5.91 Å². The van der Waals surface area contributed by atoms with Gasteiger partial charge in [-0.15, -0.1) is 5.10 Å². The molecule has 2 aromatic heterocycles. The lowest BCUT2D eigenvalue weighted by Crippen LogP contribution is -2.12. The maximum atomic E-state index is 12.7. The molecule has 33 heavy (non-hydrogen) atoms. The van der Waals surface area contributed by atoms with Crippen LogP contribution < -0.4 is 10.1 Å². The molecule has 7 nitrogen and oxygen atoms in total. The van der Waals surface area contributed by atoms with E-state index in [0.29, 0.717) is 30.2 Å². The summed E-state index contributed by atoms with van der Waals surface area (Å²) in [4.78, 5) is 16.8. The fourth-order valence-corrected chi connectivity index (χ4v) is 3.49. The third-order valence-electron chi connectivity index (χ3n) is 5.19. The van der Waals surface area contributed by atoms with Crippen LogP contribution in [0, 0.1) is 0 Å². The van der Waals surface area contributed by atoms with E-state index in [4.69, 9.17) is 4.74 Å². The standard InChI is InChI=1S/C26H21N5O2/c32-26(28-22-6-3-7-23(15-22)33-18-20-5-4-14-27-16-20)21-12-10-19(11-13-21)17-31-25-9-2-1-8-24(25)29-30-31/h1-16H,17-18H2,(H,28,32). The van der Waals surface area contributed by atoms with Crippen LogP contribution in [0.15, 0.2) is 97.3 Å². The third-order valence-corrected chi connectivity index (χ3v) is 5.19. The molecule has 0 aliphatic heterocycles. The Morgan fingerprint density at radius 1 is 0.909 bits per heavy atom. The van der Waals surface area contributed by atoms with Gasteiger partial charge in [-0.25, -0.2) is 4.68 Å². The number of rotatable bonds is 7. The lowest BCUT2D eigenvalue weighted by molar-refractivity contribution is 0.102. The first-order chi connectivity index (χ1) is 16.2. The maximum Gasteiger partial charge on any atom is 0.255 e. The fraction of sp³-hybridized carbons (Fsp3) is 0.0769. The summed E-state index contributed by atoms with van der Waals surface area (Å²) in [5.41, 5.74) is 5.09. The minimum absolute atomic E-state index is 0.183. The number of carbonyl (C=O) groups excluding carboxylic acids is 1. The molecule has 0 bridgehead atoms. The molecule has 0 fully saturated rings. The minimum atomic E-state index is -0.183. The zero-order valence-corrected chi connectivity index (χ0v) is 17.8. The molecule has 0 unspecified atom stereocenters. The number of nitrogens with zero attached hydrogens (tertiary/aromatic N) is 4. The van der Waals surface area contributed by atoms with E-state index in [2.05, 4.69) is 20.6 Å². The van der Waals surface area contributed by atoms with Crippen molar-refractivity contribution in [3.8, 4) is 5.75 Å². The Hall–Kier alpha value is -4.52. The number of para-hydroxylation sites is 1. The van der Waals surface area contributed by atoms with Crippen molar-refractivity contribution in [3.05, 3.63) is 114 Å². The molecule has 162 valence electrons. The van der Waals surface area contributed by atoms with Crippen molar-refractivity contribution in [2.75, 3.05) is 5.32 Å². The number of anilines is 1. The van der Waals surface area contributed by atoms with Crippen LogP contribution in [0.4, 0.5) is 5.69 Å². The van der Waals surface area contributed by atoms with E-state index in [1.807, 2.05) is 83.5 Å². The Balaban J connectivity index is 1.22. The van der Waals surface area contributed by atoms with E-state index in [9.17, 15) is 4.79 Å². The zero-order valence-electron chi connectivity index (χ0n) is 17.8. The number of carbonyl (C=O) groups is 1. The highest BCUT2D eigenvalue weighted by Crippen LogP contribution is 2.20. The predicted octanol–water partition coefficient (Wildman–Crippen LogP) is 4.71. The van der Waals surface area contributed by atoms with Gasteiger partial charge in [0.25, 0.3) is 5.91 Å². The van der Waals surface area contributed by atoms with Crippen molar-refractivity contribution in [1.29, 1.82) is 0 Å². The molecule has 5 aromatic rings. The number of hydrogen-bond acceptors (Lipinski definition) is 5. The third kappa shape index (κ3) is 4.88. The molecule has 5 rings (SSSR count). The fourth-order valence-electron chi connectivity index (χ4n) is 3.49. The Morgan fingerprint density at radius 2 is 1.79 bits per heavy atom. The molecule has 0 saturated carbocycles. The summed E-state index contributed by atoms with van der Waals surface area (Å²) in [6.45, 7) is 0.993. The highest BCUT2D eigenvalue weighted by atomic mass is 16.5. The first kappa shape index (κ1) is 20.4. The Labute approximate surface area is 190 Å². The summed E-state index contributed by atoms with van der Waals surface area (Å²) in [5, 5.41) is 11.3. The summed E-state index contributed by atoms with van der Waals surface area (Å²) >= 11 is 0. The van der Waals surface area contributed by atoms with Crippen molar-refractivity contribution in [3.63, 3.8) is 0 Å². The SMILES string of the molecule is O=C(Nc1cccc(OCc2cccnc2)c1)c1ccc(Cn2nnc3ccccc32)cc1. The van der Waals surface area contributed by atoms with Crippen LogP contribution >= 0.6 is 0 Å². The smallest absolute Gasteiger partial charge is 0.255 e. The molecule has 0 saturated heterocycles. The molecule has 0 aliphatic carbocycles. The summed E-state index contributed by atoms with van der Waals surface area (Å²) in [6.07, 6.45) is 3.49. The van der Waals surface area contributed by atoms with Gasteiger partial charge in [0.05, 0.1) is 12.1 Å². The van der Waals surface area contributed by atoms with Gasteiger partial charge in [0.1, 0.15) is 17.9 Å². The first-order valence-corrected chi connectivity index (χ1v) is 10.5. The van der Waals surface area contributed by atoms with Gasteiger partial charge in [-0.2, -0.15) is 0 Å². The van der Waals surface area contributed by atoms with Crippen LogP contribution in [-0.4, -0.2) is 25.9 Å². The number of ether oxygens (including phenoxy) is 1. The number of fused-ring (bicyclic) bond motifs is 1. The number of amides is 1. The quantitative estimate of drug-likeness (QED) is 0.401. The van der Waals surface area contributed by atoms with Gasteiger partial charge in [-0.3, -0.25) is 9.78 Å². The Bertz CT molecular complexity index is 1380. The average Bonchev–Trinajstić information content (AvgIpc) is 3.27. The molecular weight excluding hydrogens is 414 g/mol. The van der Waals surface area contributed by atoms with Crippen molar-refractivity contribution in [2.24, 2.45) is 0 Å². The highest BCUT2D eigenvalue weighted by molar-refractivity contribution is 6.04. The molecule has 0 atom stereocenters. The van der Waals surface area contributed by atoms with Crippen LogP contribution in [0.1, 0.15) is 21.5 Å². The molecule has 7 heteroatoms. The predicted molar refractivity (Wildman–Crippen MR) is 126 cm³/mol. The van der Waals surface area contributed by atoms with Crippen LogP contribution in [0.25, 0.3) is 11.0 Å². The summed E-state index contributed by atoms with van der Waals surface area (Å²) < 4.78 is 7.66. The minimum Gasteiger partial charge on any atom is -0.489 e. The number of pyridine rings is 1. The van der Waals surface area contributed by atoms with Crippen molar-refractivity contribution < 1.29 is 9.53 Å². The summed E-state index contributed by atoms with van der Waals surface area (Å²) in [5.74, 6) is 0.490. The Morgan fingerprint density at radius 3 is 2.64 bits per heavy atom. The van der Waals surface area contributed by atoms with Crippen molar-refractivity contribution in [2.45, 2.75) is 13.2 Å². The molecule has 2 heterocycles. The van der Waals surface area contributed by atoms with Gasteiger partial charge in [0.2, 0.25) is 0 Å². The summed E-state index contributed by atoms with van der Waals surface area (Å²) in [6, 6.07) is 26.5. The monoisotopic (exact) mass is 435 g/mol. The molecule has 1 N–H and O–H groups in total. The molecule has 0 spiro atoms. The van der Waals surface area contributed by atoms with E-state index in [0.717, 1.165) is 22.2 Å². The average molecular weight is 435 g/mol.